The topological polar surface area (TPSA) is 414 Å². The van der Waals surface area contributed by atoms with Crippen LogP contribution in [0.5, 0.6) is 17.2 Å². The van der Waals surface area contributed by atoms with Crippen molar-refractivity contribution >= 4 is 77.7 Å². The molecule has 3 amide bonds. The molecule has 138 heavy (non-hydrogen) atoms. The maximum absolute atomic E-state index is 13.5. The number of likely N-dealkylation sites (tertiary alicyclic amines) is 3. The first-order valence-corrected chi connectivity index (χ1v) is 50.2. The van der Waals surface area contributed by atoms with E-state index in [0.29, 0.717) is 111 Å². The molecule has 732 valence electrons. The predicted octanol–water partition coefficient (Wildman–Crippen LogP) is 12.9. The molecule has 3 atom stereocenters. The molecule has 0 spiro atoms. The SMILES string of the molecule is Cc1c(C)c(C)c(OC[C@H](O)CNc2cc[nH]c(=O)c2-c2nc3cc4c(cc3[nH]2)CN(C2CCN(C)CC2)C4=O)c(C)c1C.Cc1c(C)c(C)c(OC[C@H](O)CNc2cc[nH]c(=O)c2-c2nc3cc4c(cc3[nH]2)CN(C2CCN(CCS(C)(=O)=O)CC2)C4=O)c(C)c1C.Cc1c(C)c(C)c(OC[C@H](O)CNc2cc[nH]c(=O)c2-c2nc3cc4c(cc3[nH]2)CN(CCCN2CCCC2)C4=O)c(C)c1C. The number of piperidine rings is 2. The normalized spacial score (nSPS) is 16.2. The minimum Gasteiger partial charge on any atom is -0.490 e. The molecule has 3 fully saturated rings. The van der Waals surface area contributed by atoms with Crippen molar-refractivity contribution in [2.75, 3.05) is 133 Å². The Bertz CT molecular complexity index is 6900. The zero-order valence-corrected chi connectivity index (χ0v) is 83.3. The fourth-order valence-electron chi connectivity index (χ4n) is 20.3. The lowest BCUT2D eigenvalue weighted by molar-refractivity contribution is 0.0600. The Kier molecular flexibility index (Phi) is 29.5. The van der Waals surface area contributed by atoms with E-state index in [0.717, 1.165) is 168 Å². The Labute approximate surface area is 804 Å². The second-order valence-corrected chi connectivity index (χ2v) is 41.0. The molecule has 12 N–H and O–H groups in total. The molecule has 6 aliphatic heterocycles. The standard InChI is InChI=1S/C36H46N6O6S.C35H44N6O4.C34H42N6O4/c1-20-21(2)23(4)33(24(5)22(20)3)48-19-27(43)17-38-29-7-10-37-35(44)32(29)34-39-30-15-25-18-42(36(45)28(25)16-31(30)40-34)26-8-11-41(12-9-26)13-14-49(6,46)47;1-20-21(2)23(4)32(24(5)22(20)3)45-19-26(42)17-37-28-9-10-36-34(43)31(28)33-38-29-15-25-18-41(14-8-13-40-11-6-7-12-40)35(44)27(25)16-30(29)39-33;1-18-19(2)21(4)31(22(5)20(18)3)44-17-25(41)15-36-27-7-10-35-33(42)30(27)32-37-28-13-23-16-40(24-8-11-39(6)12-9-24)34(43)26(23)14-29(28)38-32/h7,10,15-16,26-27,43H,8-9,11-14,17-19H2,1-6H3,(H,39,40)(H2,37,38,44);9-10,15-16,26,42H,6-8,11-14,17-19H2,1-5H3,(H,38,39)(H2,36,37,43);7,10,13-14,24-25,41H,8-9,11-12,15-17H2,1-6H3,(H,37,38)(H2,35,36,42)/t27-;26-;25-/m111/s1. The second kappa shape index (κ2) is 41.3. The van der Waals surface area contributed by atoms with E-state index >= 15 is 0 Å². The molecule has 12 heterocycles. The summed E-state index contributed by atoms with van der Waals surface area (Å²) in [5.74, 6) is 3.76. The van der Waals surface area contributed by atoms with Gasteiger partial charge in [-0.25, -0.2) is 23.4 Å². The van der Waals surface area contributed by atoms with Crippen molar-refractivity contribution in [3.8, 4) is 51.4 Å². The number of nitrogens with one attached hydrogen (secondary N) is 9. The number of carbonyl (C=O) groups excluding carboxylic acids is 3. The van der Waals surface area contributed by atoms with Gasteiger partial charge in [-0.1, -0.05) is 0 Å². The third kappa shape index (κ3) is 20.8. The van der Waals surface area contributed by atoms with E-state index in [4.69, 9.17) is 29.2 Å². The number of anilines is 3. The first-order chi connectivity index (χ1) is 65.9. The Morgan fingerprint density at radius 3 is 1.06 bits per heavy atom. The first-order valence-electron chi connectivity index (χ1n) is 48.2. The number of aromatic amines is 6. The van der Waals surface area contributed by atoms with Gasteiger partial charge in [0, 0.05) is 119 Å². The van der Waals surface area contributed by atoms with Gasteiger partial charge in [0.15, 0.2) is 0 Å². The van der Waals surface area contributed by atoms with Crippen LogP contribution in [0.15, 0.2) is 87.6 Å². The summed E-state index contributed by atoms with van der Waals surface area (Å²) in [5.41, 5.74) is 27.9. The summed E-state index contributed by atoms with van der Waals surface area (Å²) in [6.45, 7) is 41.6. The maximum Gasteiger partial charge on any atom is 0.261 e. The summed E-state index contributed by atoms with van der Waals surface area (Å²) in [7, 11) is -0.895. The van der Waals surface area contributed by atoms with Gasteiger partial charge >= 0.3 is 0 Å². The van der Waals surface area contributed by atoms with Crippen molar-refractivity contribution < 1.29 is 52.3 Å². The highest BCUT2D eigenvalue weighted by Gasteiger charge is 2.39. The van der Waals surface area contributed by atoms with Crippen LogP contribution in [0.3, 0.4) is 0 Å². The van der Waals surface area contributed by atoms with Crippen molar-refractivity contribution in [1.29, 1.82) is 0 Å². The van der Waals surface area contributed by atoms with Gasteiger partial charge in [0.25, 0.3) is 34.4 Å². The largest absolute Gasteiger partial charge is 0.490 e. The average molecular weight is 1900 g/mol. The van der Waals surface area contributed by atoms with Crippen LogP contribution >= 0.6 is 0 Å². The number of benzene rings is 6. The molecule has 12 aromatic rings. The fraction of sp³-hybridized carbons (Fsp3) is 0.457. The number of pyridine rings is 3. The number of amides is 3. The number of hydrogen-bond donors (Lipinski definition) is 12. The summed E-state index contributed by atoms with van der Waals surface area (Å²) >= 11 is 0. The van der Waals surface area contributed by atoms with Crippen molar-refractivity contribution in [1.82, 2.24) is 74.3 Å². The number of aliphatic hydroxyl groups is 3. The van der Waals surface area contributed by atoms with Gasteiger partial charge in [-0.05, 0) is 343 Å². The smallest absolute Gasteiger partial charge is 0.261 e. The number of rotatable bonds is 30. The second-order valence-electron chi connectivity index (χ2n) is 38.8. The number of hydrogen-bond acceptors (Lipinski definition) is 23. The molecule has 32 nitrogen and oxygen atoms in total. The Morgan fingerprint density at radius 2 is 0.717 bits per heavy atom. The zero-order valence-electron chi connectivity index (χ0n) is 82.5. The number of aromatic nitrogens is 9. The van der Waals surface area contributed by atoms with Crippen molar-refractivity contribution in [2.24, 2.45) is 0 Å². The van der Waals surface area contributed by atoms with Crippen LogP contribution in [0, 0.1) is 104 Å². The molecule has 0 saturated carbocycles. The molecule has 0 aliphatic carbocycles. The van der Waals surface area contributed by atoms with Gasteiger partial charge in [0.05, 0.1) is 55.9 Å². The molecule has 6 aromatic carbocycles. The number of aliphatic hydroxyl groups excluding tert-OH is 3. The van der Waals surface area contributed by atoms with Gasteiger partial charge in [0.1, 0.15) is 99.4 Å². The van der Waals surface area contributed by atoms with Crippen LogP contribution in [0.2, 0.25) is 0 Å². The zero-order chi connectivity index (χ0) is 98.3. The number of carbonyl (C=O) groups is 3. The van der Waals surface area contributed by atoms with Crippen molar-refractivity contribution in [3.63, 3.8) is 0 Å². The third-order valence-corrected chi connectivity index (χ3v) is 30.8. The van der Waals surface area contributed by atoms with Crippen LogP contribution < -0.4 is 46.8 Å². The van der Waals surface area contributed by atoms with Gasteiger partial charge in [-0.2, -0.15) is 0 Å². The van der Waals surface area contributed by atoms with Gasteiger partial charge in [-0.15, -0.1) is 0 Å². The van der Waals surface area contributed by atoms with Crippen LogP contribution in [-0.2, 0) is 29.5 Å². The minimum atomic E-state index is -3.01. The summed E-state index contributed by atoms with van der Waals surface area (Å²) in [6, 6.07) is 16.9. The third-order valence-electron chi connectivity index (χ3n) is 29.9. The van der Waals surface area contributed by atoms with Crippen LogP contribution in [0.1, 0.15) is 176 Å². The Balaban J connectivity index is 0.000000150. The highest BCUT2D eigenvalue weighted by molar-refractivity contribution is 7.90. The number of imidazole rings is 3. The quantitative estimate of drug-likeness (QED) is 0.0199. The first kappa shape index (κ1) is 98.5. The molecule has 3 saturated heterocycles. The van der Waals surface area contributed by atoms with E-state index in [1.165, 1.54) is 69.2 Å². The highest BCUT2D eigenvalue weighted by Crippen LogP contribution is 2.41. The molecule has 6 aromatic heterocycles. The number of H-pyrrole nitrogens is 6. The van der Waals surface area contributed by atoms with Gasteiger partial charge in [0.2, 0.25) is 0 Å². The highest BCUT2D eigenvalue weighted by atomic mass is 32.2. The molecule has 0 bridgehead atoms. The summed E-state index contributed by atoms with van der Waals surface area (Å²) in [5, 5.41) is 42.1. The van der Waals surface area contributed by atoms with E-state index in [1.807, 2.05) is 86.6 Å². The molecule has 0 unspecified atom stereocenters. The molecular weight excluding hydrogens is 1770 g/mol. The van der Waals surface area contributed by atoms with E-state index in [-0.39, 0.29) is 91.7 Å². The van der Waals surface area contributed by atoms with Crippen LogP contribution in [0.4, 0.5) is 17.1 Å². The average Bonchev–Trinajstić information content (AvgIpc) is 1.61. The number of sulfone groups is 1. The van der Waals surface area contributed by atoms with E-state index < -0.39 is 28.1 Å². The Hall–Kier alpha value is -12.5. The van der Waals surface area contributed by atoms with Crippen LogP contribution in [0.25, 0.3) is 67.3 Å². The molecule has 0 radical (unpaired) electrons. The number of ether oxygens (including phenoxy) is 3. The van der Waals surface area contributed by atoms with Gasteiger partial charge < -0.3 is 105 Å². The lowest BCUT2D eigenvalue weighted by atomic mass is 9.94. The lowest BCUT2D eigenvalue weighted by Crippen LogP contribution is -2.45. The maximum atomic E-state index is 13.5. The van der Waals surface area contributed by atoms with Gasteiger partial charge in [-0.3, -0.25) is 28.8 Å². The number of fused-ring (bicyclic) bond motifs is 6. The van der Waals surface area contributed by atoms with E-state index in [9.17, 15) is 52.5 Å². The fourth-order valence-corrected chi connectivity index (χ4v) is 20.9. The van der Waals surface area contributed by atoms with E-state index in [2.05, 4.69) is 130 Å². The summed E-state index contributed by atoms with van der Waals surface area (Å²) in [6.07, 6.45) is 10.5. The Morgan fingerprint density at radius 1 is 0.406 bits per heavy atom. The molecule has 6 aliphatic rings. The summed E-state index contributed by atoms with van der Waals surface area (Å²) < 4.78 is 41.4. The lowest BCUT2D eigenvalue weighted by Gasteiger charge is -2.36. The minimum absolute atomic E-state index is 0.0338. The molecule has 33 heteroatoms. The predicted molar refractivity (Wildman–Crippen MR) is 541 cm³/mol. The van der Waals surface area contributed by atoms with E-state index in [1.54, 1.807) is 42.9 Å². The molecule has 18 rings (SSSR count). The number of nitrogens with zero attached hydrogens (tertiary/aromatic N) is 9. The monoisotopic (exact) mass is 1900 g/mol. The van der Waals surface area contributed by atoms with Crippen molar-refractivity contribution in [2.45, 2.75) is 199 Å². The molecular formula is C105H132N18O14S. The van der Waals surface area contributed by atoms with Crippen molar-refractivity contribution in [3.05, 3.63) is 221 Å². The summed E-state index contributed by atoms with van der Waals surface area (Å²) in [4.78, 5) is 124. The van der Waals surface area contributed by atoms with Crippen LogP contribution in [-0.4, -0.2) is 264 Å².